The molecule has 4 heterocycles. The number of anilines is 2. The molecule has 2 unspecified atom stereocenters. The lowest BCUT2D eigenvalue weighted by atomic mass is 10.1. The normalized spacial score (nSPS) is 23.1. The number of hydrogen-bond donors (Lipinski definition) is 1. The van der Waals surface area contributed by atoms with Gasteiger partial charge in [0.05, 0.1) is 21.4 Å². The summed E-state index contributed by atoms with van der Waals surface area (Å²) in [6, 6.07) is 9.01. The van der Waals surface area contributed by atoms with Gasteiger partial charge in [-0.05, 0) is 31.3 Å². The van der Waals surface area contributed by atoms with Crippen molar-refractivity contribution in [2.45, 2.75) is 12.1 Å². The van der Waals surface area contributed by atoms with Crippen LogP contribution >= 0.6 is 22.9 Å². The lowest BCUT2D eigenvalue weighted by molar-refractivity contribution is 0.0890. The van der Waals surface area contributed by atoms with Crippen molar-refractivity contribution in [1.29, 1.82) is 0 Å². The zero-order valence-electron chi connectivity index (χ0n) is 17.0. The number of nitrogens with one attached hydrogen (secondary N) is 1. The third kappa shape index (κ3) is 3.93. The fourth-order valence-electron chi connectivity index (χ4n) is 4.17. The summed E-state index contributed by atoms with van der Waals surface area (Å²) in [7, 11) is 2.13. The zero-order chi connectivity index (χ0) is 21.5. The molecule has 3 aliphatic rings. The minimum Gasteiger partial charge on any atom is -0.489 e. The van der Waals surface area contributed by atoms with Gasteiger partial charge < -0.3 is 24.6 Å². The lowest BCUT2D eigenvalue weighted by Gasteiger charge is -2.36. The van der Waals surface area contributed by atoms with Crippen LogP contribution in [-0.4, -0.2) is 75.4 Å². The first-order chi connectivity index (χ1) is 15.0. The maximum Gasteiger partial charge on any atom is 0.415 e. The highest BCUT2D eigenvalue weighted by atomic mass is 35.5. The lowest BCUT2D eigenvalue weighted by Crippen LogP contribution is -2.48. The largest absolute Gasteiger partial charge is 0.489 e. The number of thiophene rings is 1. The Labute approximate surface area is 189 Å². The molecule has 0 radical (unpaired) electrons. The maximum atomic E-state index is 12.6. The molecule has 2 amide bonds. The predicted molar refractivity (Wildman–Crippen MR) is 120 cm³/mol. The minimum atomic E-state index is -0.489. The average molecular weight is 463 g/mol. The van der Waals surface area contributed by atoms with E-state index in [0.717, 1.165) is 31.9 Å². The average Bonchev–Trinajstić information content (AvgIpc) is 3.35. The Morgan fingerprint density at radius 2 is 2.03 bits per heavy atom. The van der Waals surface area contributed by atoms with Crippen LogP contribution in [-0.2, 0) is 4.74 Å². The summed E-state index contributed by atoms with van der Waals surface area (Å²) < 4.78 is 12.1. The molecule has 0 aliphatic carbocycles. The van der Waals surface area contributed by atoms with Gasteiger partial charge in [0.15, 0.2) is 0 Å². The van der Waals surface area contributed by atoms with Gasteiger partial charge in [0.25, 0.3) is 5.91 Å². The summed E-state index contributed by atoms with van der Waals surface area (Å²) in [6.45, 7) is 4.48. The highest BCUT2D eigenvalue weighted by Gasteiger charge is 2.46. The third-order valence-corrected chi connectivity index (χ3v) is 7.18. The number of benzene rings is 1. The Morgan fingerprint density at radius 1 is 1.23 bits per heavy atom. The molecule has 2 saturated heterocycles. The molecule has 8 nitrogen and oxygen atoms in total. The number of nitrogens with zero attached hydrogens (tertiary/aromatic N) is 3. The number of rotatable bonds is 4. The van der Waals surface area contributed by atoms with Crippen LogP contribution < -0.4 is 19.9 Å². The summed E-state index contributed by atoms with van der Waals surface area (Å²) in [5.74, 6) is 0.447. The van der Waals surface area contributed by atoms with E-state index in [9.17, 15) is 9.59 Å². The van der Waals surface area contributed by atoms with Crippen LogP contribution in [0.15, 0.2) is 30.3 Å². The molecule has 5 rings (SSSR count). The number of halogens is 1. The number of piperazine rings is 1. The first kappa shape index (κ1) is 20.4. The van der Waals surface area contributed by atoms with Gasteiger partial charge in [-0.2, -0.15) is 0 Å². The molecule has 3 aliphatic heterocycles. The van der Waals surface area contributed by atoms with E-state index < -0.39 is 12.2 Å². The molecular weight excluding hydrogens is 440 g/mol. The molecule has 0 saturated carbocycles. The summed E-state index contributed by atoms with van der Waals surface area (Å²) in [5, 5.41) is 2.83. The summed E-state index contributed by atoms with van der Waals surface area (Å²) in [4.78, 5) is 31.7. The third-order valence-electron chi connectivity index (χ3n) is 5.95. The topological polar surface area (TPSA) is 74.4 Å². The van der Waals surface area contributed by atoms with Crippen LogP contribution in [0.5, 0.6) is 5.75 Å². The molecule has 0 bridgehead atoms. The highest BCUT2D eigenvalue weighted by Crippen LogP contribution is 2.41. The second-order valence-corrected chi connectivity index (χ2v) is 9.64. The summed E-state index contributed by atoms with van der Waals surface area (Å²) >= 11 is 7.11. The van der Waals surface area contributed by atoms with Crippen molar-refractivity contribution in [2.24, 2.45) is 0 Å². The van der Waals surface area contributed by atoms with E-state index in [4.69, 9.17) is 21.1 Å². The van der Waals surface area contributed by atoms with Crippen molar-refractivity contribution in [3.63, 3.8) is 0 Å². The molecule has 0 spiro atoms. The van der Waals surface area contributed by atoms with E-state index in [1.807, 2.05) is 18.2 Å². The SMILES string of the molecule is CN1CCN(c2ccc3c(c2)OCC2C(CNC(=O)c4ccc(Cl)s4)OC(=O)N32)CC1. The predicted octanol–water partition coefficient (Wildman–Crippen LogP) is 2.67. The smallest absolute Gasteiger partial charge is 0.415 e. The van der Waals surface area contributed by atoms with Gasteiger partial charge in [-0.1, -0.05) is 11.6 Å². The van der Waals surface area contributed by atoms with E-state index in [1.54, 1.807) is 17.0 Å². The number of amides is 2. The van der Waals surface area contributed by atoms with Gasteiger partial charge in [0, 0.05) is 37.9 Å². The molecule has 2 fully saturated rings. The molecule has 2 atom stereocenters. The van der Waals surface area contributed by atoms with Crippen molar-refractivity contribution in [3.05, 3.63) is 39.5 Å². The van der Waals surface area contributed by atoms with Crippen LogP contribution in [0, 0.1) is 0 Å². The second-order valence-electron chi connectivity index (χ2n) is 7.93. The van der Waals surface area contributed by atoms with Crippen molar-refractivity contribution < 1.29 is 19.1 Å². The van der Waals surface area contributed by atoms with Gasteiger partial charge in [-0.3, -0.25) is 9.69 Å². The standard InChI is InChI=1S/C21H23ClN4O4S/c1-24-6-8-25(9-7-24)13-2-3-14-16(10-13)29-12-15-17(30-21(28)26(14)15)11-23-20(27)18-4-5-19(22)31-18/h2-5,10,15,17H,6-9,11-12H2,1H3,(H,23,27). The van der Waals surface area contributed by atoms with Crippen LogP contribution in [0.4, 0.5) is 16.2 Å². The number of hydrogen-bond acceptors (Lipinski definition) is 7. The first-order valence-corrected chi connectivity index (χ1v) is 11.4. The molecule has 164 valence electrons. The van der Waals surface area contributed by atoms with E-state index >= 15 is 0 Å². The summed E-state index contributed by atoms with van der Waals surface area (Å²) in [5.41, 5.74) is 1.80. The Morgan fingerprint density at radius 3 is 2.77 bits per heavy atom. The molecule has 31 heavy (non-hydrogen) atoms. The van der Waals surface area contributed by atoms with Crippen LogP contribution in [0.3, 0.4) is 0 Å². The highest BCUT2D eigenvalue weighted by molar-refractivity contribution is 7.18. The van der Waals surface area contributed by atoms with Gasteiger partial charge in [-0.25, -0.2) is 4.79 Å². The molecule has 2 aromatic rings. The number of carbonyl (C=O) groups is 2. The second kappa shape index (κ2) is 8.22. The minimum absolute atomic E-state index is 0.208. The van der Waals surface area contributed by atoms with E-state index in [2.05, 4.69) is 22.2 Å². The fraction of sp³-hybridized carbons (Fsp3) is 0.429. The quantitative estimate of drug-likeness (QED) is 0.753. The molecule has 1 aromatic heterocycles. The van der Waals surface area contributed by atoms with Gasteiger partial charge in [0.2, 0.25) is 0 Å². The van der Waals surface area contributed by atoms with Crippen LogP contribution in [0.25, 0.3) is 0 Å². The fourth-order valence-corrected chi connectivity index (χ4v) is 5.13. The van der Waals surface area contributed by atoms with Crippen molar-refractivity contribution in [1.82, 2.24) is 10.2 Å². The number of cyclic esters (lactones) is 1. The monoisotopic (exact) mass is 462 g/mol. The van der Waals surface area contributed by atoms with Crippen LogP contribution in [0.1, 0.15) is 9.67 Å². The Kier molecular flexibility index (Phi) is 5.41. The molecule has 10 heteroatoms. The number of fused-ring (bicyclic) bond motifs is 3. The Bertz CT molecular complexity index is 1010. The molecule has 1 aromatic carbocycles. The van der Waals surface area contributed by atoms with Gasteiger partial charge >= 0.3 is 6.09 Å². The van der Waals surface area contributed by atoms with Crippen molar-refractivity contribution in [2.75, 3.05) is 56.2 Å². The summed E-state index contributed by atoms with van der Waals surface area (Å²) in [6.07, 6.45) is -0.905. The first-order valence-electron chi connectivity index (χ1n) is 10.2. The molecular formula is C21H23ClN4O4S. The number of ether oxygens (including phenoxy) is 2. The van der Waals surface area contributed by atoms with E-state index in [0.29, 0.717) is 27.3 Å². The van der Waals surface area contributed by atoms with E-state index in [1.165, 1.54) is 11.3 Å². The molecule has 1 N–H and O–H groups in total. The number of carbonyl (C=O) groups excluding carboxylic acids is 2. The van der Waals surface area contributed by atoms with Crippen molar-refractivity contribution in [3.8, 4) is 5.75 Å². The Hall–Kier alpha value is -2.49. The number of likely N-dealkylation sites (N-methyl/N-ethyl adjacent to an activating group) is 1. The van der Waals surface area contributed by atoms with Crippen LogP contribution in [0.2, 0.25) is 4.34 Å². The van der Waals surface area contributed by atoms with Gasteiger partial charge in [-0.15, -0.1) is 11.3 Å². The Balaban J connectivity index is 1.28. The van der Waals surface area contributed by atoms with Crippen molar-refractivity contribution >= 4 is 46.3 Å². The van der Waals surface area contributed by atoms with Gasteiger partial charge in [0.1, 0.15) is 24.5 Å². The zero-order valence-corrected chi connectivity index (χ0v) is 18.6. The van der Waals surface area contributed by atoms with E-state index in [-0.39, 0.29) is 18.5 Å². The maximum absolute atomic E-state index is 12.6.